The second-order valence-corrected chi connectivity index (χ2v) is 6.82. The quantitative estimate of drug-likeness (QED) is 0.780. The molecule has 1 aliphatic heterocycles. The summed E-state index contributed by atoms with van der Waals surface area (Å²) in [5.74, 6) is -2.02. The van der Waals surface area contributed by atoms with E-state index in [1.54, 1.807) is 42.5 Å². The lowest BCUT2D eigenvalue weighted by atomic mass is 10.2. The van der Waals surface area contributed by atoms with Crippen LogP contribution in [0.15, 0.2) is 53.4 Å². The van der Waals surface area contributed by atoms with Crippen LogP contribution in [0.1, 0.15) is 16.8 Å². The van der Waals surface area contributed by atoms with Crippen molar-refractivity contribution in [1.82, 2.24) is 0 Å². The molecule has 1 heterocycles. The molecule has 2 aromatic rings. The zero-order valence-electron chi connectivity index (χ0n) is 12.3. The SMILES string of the molecule is O=C([O-])c1ccccc1SC1CC(=O)N(c2ccc(Cl)cc2)C1=O. The summed E-state index contributed by atoms with van der Waals surface area (Å²) >= 11 is 6.88. The van der Waals surface area contributed by atoms with E-state index in [0.29, 0.717) is 15.6 Å². The molecule has 0 N–H and O–H groups in total. The first kappa shape index (κ1) is 16.5. The molecule has 1 atom stereocenters. The number of halogens is 1. The summed E-state index contributed by atoms with van der Waals surface area (Å²) in [6.07, 6.45) is 0.00745. The second-order valence-electron chi connectivity index (χ2n) is 5.14. The van der Waals surface area contributed by atoms with Gasteiger partial charge in [-0.3, -0.25) is 9.59 Å². The van der Waals surface area contributed by atoms with Gasteiger partial charge in [-0.15, -0.1) is 11.8 Å². The maximum Gasteiger partial charge on any atom is 0.247 e. The van der Waals surface area contributed by atoms with Gasteiger partial charge >= 0.3 is 0 Å². The van der Waals surface area contributed by atoms with Crippen LogP contribution in [0.25, 0.3) is 0 Å². The number of hydrogen-bond acceptors (Lipinski definition) is 5. The molecule has 3 rings (SSSR count). The van der Waals surface area contributed by atoms with Crippen LogP contribution in [0.4, 0.5) is 5.69 Å². The van der Waals surface area contributed by atoms with Crippen LogP contribution in [-0.2, 0) is 9.59 Å². The molecule has 7 heteroatoms. The Labute approximate surface area is 147 Å². The highest BCUT2D eigenvalue weighted by atomic mass is 35.5. The fourth-order valence-electron chi connectivity index (χ4n) is 2.45. The van der Waals surface area contributed by atoms with Crippen LogP contribution in [0, 0.1) is 0 Å². The van der Waals surface area contributed by atoms with Gasteiger partial charge in [0.05, 0.1) is 16.9 Å². The van der Waals surface area contributed by atoms with Gasteiger partial charge in [-0.1, -0.05) is 29.8 Å². The Morgan fingerprint density at radius 1 is 1.12 bits per heavy atom. The molecular weight excluding hydrogens is 350 g/mol. The molecule has 1 fully saturated rings. The minimum Gasteiger partial charge on any atom is -0.545 e. The summed E-state index contributed by atoms with van der Waals surface area (Å²) in [5, 5.41) is 11.0. The Kier molecular flexibility index (Phi) is 4.59. The first-order chi connectivity index (χ1) is 11.5. The summed E-state index contributed by atoms with van der Waals surface area (Å²) in [5.41, 5.74) is 0.457. The standard InChI is InChI=1S/C17H12ClNO4S/c18-10-5-7-11(8-6-10)19-15(20)9-14(16(19)21)24-13-4-2-1-3-12(13)17(22)23/h1-8,14H,9H2,(H,22,23)/p-1. The van der Waals surface area contributed by atoms with E-state index in [0.717, 1.165) is 16.7 Å². The van der Waals surface area contributed by atoms with Crippen molar-refractivity contribution in [3.63, 3.8) is 0 Å². The van der Waals surface area contributed by atoms with Crippen LogP contribution in [-0.4, -0.2) is 23.0 Å². The van der Waals surface area contributed by atoms with Crippen molar-refractivity contribution >= 4 is 46.8 Å². The molecular formula is C17H11ClNO4S-. The molecule has 0 saturated carbocycles. The molecule has 0 aliphatic carbocycles. The lowest BCUT2D eigenvalue weighted by Crippen LogP contribution is -2.31. The number of anilines is 1. The van der Waals surface area contributed by atoms with Gasteiger partial charge in [0, 0.05) is 21.9 Å². The minimum absolute atomic E-state index is 0.00712. The van der Waals surface area contributed by atoms with Crippen molar-refractivity contribution in [3.8, 4) is 0 Å². The summed E-state index contributed by atoms with van der Waals surface area (Å²) in [6.45, 7) is 0. The van der Waals surface area contributed by atoms with Gasteiger partial charge in [0.25, 0.3) is 0 Å². The van der Waals surface area contributed by atoms with E-state index >= 15 is 0 Å². The summed E-state index contributed by atoms with van der Waals surface area (Å²) < 4.78 is 0. The Morgan fingerprint density at radius 2 is 1.79 bits per heavy atom. The highest BCUT2D eigenvalue weighted by Crippen LogP contribution is 2.35. The fraction of sp³-hybridized carbons (Fsp3) is 0.118. The Morgan fingerprint density at radius 3 is 2.46 bits per heavy atom. The zero-order chi connectivity index (χ0) is 17.3. The number of hydrogen-bond donors (Lipinski definition) is 0. The number of rotatable bonds is 4. The van der Waals surface area contributed by atoms with Crippen molar-refractivity contribution in [2.24, 2.45) is 0 Å². The number of thioether (sulfide) groups is 1. The van der Waals surface area contributed by atoms with Gasteiger partial charge in [0.1, 0.15) is 0 Å². The van der Waals surface area contributed by atoms with Crippen LogP contribution >= 0.6 is 23.4 Å². The van der Waals surface area contributed by atoms with Crippen molar-refractivity contribution in [1.29, 1.82) is 0 Å². The minimum atomic E-state index is -1.32. The van der Waals surface area contributed by atoms with Gasteiger partial charge in [-0.2, -0.15) is 0 Å². The number of carboxylic acid groups (broad SMARTS) is 1. The topological polar surface area (TPSA) is 77.5 Å². The first-order valence-corrected chi connectivity index (χ1v) is 8.32. The van der Waals surface area contributed by atoms with E-state index in [-0.39, 0.29) is 23.8 Å². The summed E-state index contributed by atoms with van der Waals surface area (Å²) in [4.78, 5) is 37.5. The maximum atomic E-state index is 12.6. The number of benzene rings is 2. The van der Waals surface area contributed by atoms with E-state index < -0.39 is 11.2 Å². The van der Waals surface area contributed by atoms with Gasteiger partial charge in [0.2, 0.25) is 11.8 Å². The predicted molar refractivity (Wildman–Crippen MR) is 89.0 cm³/mol. The highest BCUT2D eigenvalue weighted by Gasteiger charge is 2.40. The molecule has 0 radical (unpaired) electrons. The fourth-order valence-corrected chi connectivity index (χ4v) is 3.75. The van der Waals surface area contributed by atoms with Crippen LogP contribution < -0.4 is 10.0 Å². The third-order valence-corrected chi connectivity index (χ3v) is 5.08. The molecule has 122 valence electrons. The van der Waals surface area contributed by atoms with Crippen molar-refractivity contribution in [2.75, 3.05) is 4.90 Å². The monoisotopic (exact) mass is 360 g/mol. The second kappa shape index (κ2) is 6.67. The van der Waals surface area contributed by atoms with Crippen LogP contribution in [0.5, 0.6) is 0 Å². The van der Waals surface area contributed by atoms with Gasteiger partial charge < -0.3 is 9.90 Å². The van der Waals surface area contributed by atoms with Crippen LogP contribution in [0.2, 0.25) is 5.02 Å². The Bertz CT molecular complexity index is 822. The number of imide groups is 1. The third kappa shape index (κ3) is 3.16. The maximum absolute atomic E-state index is 12.6. The number of aromatic carboxylic acids is 1. The molecule has 0 aromatic heterocycles. The molecule has 5 nitrogen and oxygen atoms in total. The molecule has 0 spiro atoms. The summed E-state index contributed by atoms with van der Waals surface area (Å²) in [6, 6.07) is 12.7. The molecule has 24 heavy (non-hydrogen) atoms. The number of carboxylic acids is 1. The van der Waals surface area contributed by atoms with Crippen molar-refractivity contribution < 1.29 is 19.5 Å². The van der Waals surface area contributed by atoms with Gasteiger partial charge in [0.15, 0.2) is 0 Å². The van der Waals surface area contributed by atoms with Gasteiger partial charge in [-0.05, 0) is 30.3 Å². The van der Waals surface area contributed by atoms with E-state index in [1.807, 2.05) is 0 Å². The normalized spacial score (nSPS) is 17.4. The van der Waals surface area contributed by atoms with Gasteiger partial charge in [-0.25, -0.2) is 4.90 Å². The lowest BCUT2D eigenvalue weighted by Gasteiger charge is -2.16. The van der Waals surface area contributed by atoms with E-state index in [2.05, 4.69) is 0 Å². The average Bonchev–Trinajstić information content (AvgIpc) is 2.83. The molecule has 2 amide bonds. The number of amides is 2. The molecule has 0 bridgehead atoms. The van der Waals surface area contributed by atoms with Crippen LogP contribution in [0.3, 0.4) is 0 Å². The van der Waals surface area contributed by atoms with Crippen molar-refractivity contribution in [3.05, 3.63) is 59.1 Å². The average molecular weight is 361 g/mol. The predicted octanol–water partition coefficient (Wildman–Crippen LogP) is 2.13. The molecule has 2 aromatic carbocycles. The largest absolute Gasteiger partial charge is 0.545 e. The summed E-state index contributed by atoms with van der Waals surface area (Å²) in [7, 11) is 0. The lowest BCUT2D eigenvalue weighted by molar-refractivity contribution is -0.255. The van der Waals surface area contributed by atoms with E-state index in [4.69, 9.17) is 11.6 Å². The van der Waals surface area contributed by atoms with E-state index in [9.17, 15) is 19.5 Å². The Balaban J connectivity index is 1.85. The number of carbonyl (C=O) groups excluding carboxylic acids is 3. The molecule has 1 saturated heterocycles. The van der Waals surface area contributed by atoms with Crippen molar-refractivity contribution in [2.45, 2.75) is 16.6 Å². The third-order valence-electron chi connectivity index (χ3n) is 3.57. The Hall–Kier alpha value is -2.31. The smallest absolute Gasteiger partial charge is 0.247 e. The highest BCUT2D eigenvalue weighted by molar-refractivity contribution is 8.00. The zero-order valence-corrected chi connectivity index (χ0v) is 13.8. The molecule has 1 unspecified atom stereocenters. The molecule has 1 aliphatic rings. The number of carbonyl (C=O) groups is 3. The van der Waals surface area contributed by atoms with E-state index in [1.165, 1.54) is 6.07 Å². The number of nitrogens with zero attached hydrogens (tertiary/aromatic N) is 1. The first-order valence-electron chi connectivity index (χ1n) is 7.07.